The number of rotatable bonds is 3. The van der Waals surface area contributed by atoms with Crippen LogP contribution in [-0.4, -0.2) is 13.2 Å². The molecule has 3 nitrogen and oxygen atoms in total. The zero-order valence-electron chi connectivity index (χ0n) is 10.7. The number of fused-ring (bicyclic) bond motifs is 1. The second kappa shape index (κ2) is 5.94. The van der Waals surface area contributed by atoms with Gasteiger partial charge in [-0.25, -0.2) is 0 Å². The van der Waals surface area contributed by atoms with E-state index in [0.29, 0.717) is 24.8 Å². The zero-order chi connectivity index (χ0) is 13.9. The predicted molar refractivity (Wildman–Crippen MR) is 83.9 cm³/mol. The van der Waals surface area contributed by atoms with E-state index in [1.807, 2.05) is 36.4 Å². The van der Waals surface area contributed by atoms with Crippen LogP contribution in [0.2, 0.25) is 5.02 Å². The SMILES string of the molecule is Clc1ccc(Br)c(NCc2ccc3c(c2)OCCO3)c1. The van der Waals surface area contributed by atoms with Gasteiger partial charge in [-0.3, -0.25) is 0 Å². The van der Waals surface area contributed by atoms with E-state index in [0.717, 1.165) is 27.2 Å². The fourth-order valence-electron chi connectivity index (χ4n) is 2.03. The van der Waals surface area contributed by atoms with E-state index in [2.05, 4.69) is 21.2 Å². The second-order valence-corrected chi connectivity index (χ2v) is 5.75. The molecule has 20 heavy (non-hydrogen) atoms. The standard InChI is InChI=1S/C15H13BrClNO2/c16-12-3-2-11(17)8-13(12)18-9-10-1-4-14-15(7-10)20-6-5-19-14/h1-4,7-8,18H,5-6,9H2. The second-order valence-electron chi connectivity index (χ2n) is 4.46. The van der Waals surface area contributed by atoms with Crippen molar-refractivity contribution in [1.29, 1.82) is 0 Å². The van der Waals surface area contributed by atoms with Gasteiger partial charge in [0.25, 0.3) is 0 Å². The van der Waals surface area contributed by atoms with Crippen molar-refractivity contribution in [2.24, 2.45) is 0 Å². The molecule has 1 heterocycles. The molecule has 1 aliphatic heterocycles. The van der Waals surface area contributed by atoms with Crippen LogP contribution in [0.3, 0.4) is 0 Å². The van der Waals surface area contributed by atoms with Crippen LogP contribution in [0.1, 0.15) is 5.56 Å². The average molecular weight is 355 g/mol. The summed E-state index contributed by atoms with van der Waals surface area (Å²) in [4.78, 5) is 0. The van der Waals surface area contributed by atoms with E-state index in [4.69, 9.17) is 21.1 Å². The number of hydrogen-bond donors (Lipinski definition) is 1. The molecule has 3 rings (SSSR count). The summed E-state index contributed by atoms with van der Waals surface area (Å²) in [5.41, 5.74) is 2.09. The van der Waals surface area contributed by atoms with E-state index < -0.39 is 0 Å². The Labute approximate surface area is 131 Å². The molecule has 2 aromatic carbocycles. The Bertz CT molecular complexity index is 633. The molecular weight excluding hydrogens is 342 g/mol. The molecule has 0 saturated carbocycles. The van der Waals surface area contributed by atoms with E-state index in [-0.39, 0.29) is 0 Å². The van der Waals surface area contributed by atoms with Crippen molar-refractivity contribution < 1.29 is 9.47 Å². The van der Waals surface area contributed by atoms with Gasteiger partial charge in [0.05, 0.1) is 5.69 Å². The number of benzene rings is 2. The summed E-state index contributed by atoms with van der Waals surface area (Å²) in [5, 5.41) is 4.06. The number of hydrogen-bond acceptors (Lipinski definition) is 3. The number of ether oxygens (including phenoxy) is 2. The summed E-state index contributed by atoms with van der Waals surface area (Å²) in [6.45, 7) is 1.90. The number of halogens is 2. The van der Waals surface area contributed by atoms with Crippen LogP contribution in [0.4, 0.5) is 5.69 Å². The van der Waals surface area contributed by atoms with Crippen LogP contribution in [0.5, 0.6) is 11.5 Å². The molecule has 1 N–H and O–H groups in total. The molecule has 0 spiro atoms. The highest BCUT2D eigenvalue weighted by molar-refractivity contribution is 9.10. The summed E-state index contributed by atoms with van der Waals surface area (Å²) < 4.78 is 12.1. The largest absolute Gasteiger partial charge is 0.486 e. The Balaban J connectivity index is 1.73. The first-order chi connectivity index (χ1) is 9.72. The summed E-state index contributed by atoms with van der Waals surface area (Å²) in [5.74, 6) is 1.62. The number of nitrogens with one attached hydrogen (secondary N) is 1. The minimum atomic E-state index is 0.601. The van der Waals surface area contributed by atoms with Crippen LogP contribution >= 0.6 is 27.5 Å². The molecule has 0 unspecified atom stereocenters. The Kier molecular flexibility index (Phi) is 4.03. The van der Waals surface area contributed by atoms with Crippen molar-refractivity contribution in [2.75, 3.05) is 18.5 Å². The highest BCUT2D eigenvalue weighted by Gasteiger charge is 2.11. The van der Waals surface area contributed by atoms with Crippen molar-refractivity contribution in [3.63, 3.8) is 0 Å². The van der Waals surface area contributed by atoms with Crippen molar-refractivity contribution in [1.82, 2.24) is 0 Å². The third-order valence-electron chi connectivity index (χ3n) is 3.02. The van der Waals surface area contributed by atoms with Gasteiger partial charge in [0.15, 0.2) is 11.5 Å². The molecule has 104 valence electrons. The fraction of sp³-hybridized carbons (Fsp3) is 0.200. The topological polar surface area (TPSA) is 30.5 Å². The maximum absolute atomic E-state index is 6.00. The zero-order valence-corrected chi connectivity index (χ0v) is 13.0. The molecule has 0 fully saturated rings. The summed E-state index contributed by atoms with van der Waals surface area (Å²) in [6.07, 6.45) is 0. The van der Waals surface area contributed by atoms with E-state index in [9.17, 15) is 0 Å². The minimum absolute atomic E-state index is 0.601. The molecule has 0 radical (unpaired) electrons. The summed E-state index contributed by atoms with van der Waals surface area (Å²) in [6, 6.07) is 11.6. The highest BCUT2D eigenvalue weighted by Crippen LogP contribution is 2.31. The molecular formula is C15H13BrClNO2. The van der Waals surface area contributed by atoms with Crippen LogP contribution in [-0.2, 0) is 6.54 Å². The van der Waals surface area contributed by atoms with E-state index >= 15 is 0 Å². The van der Waals surface area contributed by atoms with Crippen molar-refractivity contribution in [3.05, 3.63) is 51.5 Å². The average Bonchev–Trinajstić information content (AvgIpc) is 2.48. The maximum atomic E-state index is 6.00. The lowest BCUT2D eigenvalue weighted by molar-refractivity contribution is 0.171. The summed E-state index contributed by atoms with van der Waals surface area (Å²) >= 11 is 9.49. The van der Waals surface area contributed by atoms with Gasteiger partial charge in [-0.05, 0) is 51.8 Å². The highest BCUT2D eigenvalue weighted by atomic mass is 79.9. The van der Waals surface area contributed by atoms with Gasteiger partial charge >= 0.3 is 0 Å². The van der Waals surface area contributed by atoms with Crippen LogP contribution in [0, 0.1) is 0 Å². The normalized spacial score (nSPS) is 13.1. The third-order valence-corrected chi connectivity index (χ3v) is 3.94. The van der Waals surface area contributed by atoms with Gasteiger partial charge in [0, 0.05) is 16.0 Å². The van der Waals surface area contributed by atoms with Crippen molar-refractivity contribution in [2.45, 2.75) is 6.54 Å². The molecule has 5 heteroatoms. The first kappa shape index (κ1) is 13.6. The summed E-state index contributed by atoms with van der Waals surface area (Å²) in [7, 11) is 0. The molecule has 0 saturated heterocycles. The van der Waals surface area contributed by atoms with Crippen LogP contribution in [0.15, 0.2) is 40.9 Å². The first-order valence-electron chi connectivity index (χ1n) is 6.30. The first-order valence-corrected chi connectivity index (χ1v) is 7.47. The predicted octanol–water partition coefficient (Wildman–Crippen LogP) is 4.49. The molecule has 0 aliphatic carbocycles. The molecule has 0 aromatic heterocycles. The monoisotopic (exact) mass is 353 g/mol. The Morgan fingerprint density at radius 1 is 1.05 bits per heavy atom. The number of anilines is 1. The van der Waals surface area contributed by atoms with Gasteiger partial charge in [-0.1, -0.05) is 17.7 Å². The molecule has 2 aromatic rings. The minimum Gasteiger partial charge on any atom is -0.486 e. The van der Waals surface area contributed by atoms with Gasteiger partial charge in [-0.2, -0.15) is 0 Å². The van der Waals surface area contributed by atoms with Gasteiger partial charge in [-0.15, -0.1) is 0 Å². The Morgan fingerprint density at radius 3 is 2.70 bits per heavy atom. The maximum Gasteiger partial charge on any atom is 0.161 e. The van der Waals surface area contributed by atoms with Gasteiger partial charge in [0.2, 0.25) is 0 Å². The lowest BCUT2D eigenvalue weighted by Crippen LogP contribution is -2.15. The molecule has 0 bridgehead atoms. The molecule has 0 atom stereocenters. The van der Waals surface area contributed by atoms with E-state index in [1.165, 1.54) is 0 Å². The molecule has 0 amide bonds. The third kappa shape index (κ3) is 3.02. The van der Waals surface area contributed by atoms with Crippen molar-refractivity contribution in [3.8, 4) is 11.5 Å². The van der Waals surface area contributed by atoms with Crippen LogP contribution in [0.25, 0.3) is 0 Å². The quantitative estimate of drug-likeness (QED) is 0.881. The lowest BCUT2D eigenvalue weighted by atomic mass is 10.2. The lowest BCUT2D eigenvalue weighted by Gasteiger charge is -2.19. The van der Waals surface area contributed by atoms with Crippen molar-refractivity contribution >= 4 is 33.2 Å². The fourth-order valence-corrected chi connectivity index (χ4v) is 2.59. The Hall–Kier alpha value is -1.39. The van der Waals surface area contributed by atoms with Gasteiger partial charge < -0.3 is 14.8 Å². The van der Waals surface area contributed by atoms with Crippen LogP contribution < -0.4 is 14.8 Å². The Morgan fingerprint density at radius 2 is 1.85 bits per heavy atom. The van der Waals surface area contributed by atoms with E-state index in [1.54, 1.807) is 0 Å². The molecule has 1 aliphatic rings. The smallest absolute Gasteiger partial charge is 0.161 e. The van der Waals surface area contributed by atoms with Gasteiger partial charge in [0.1, 0.15) is 13.2 Å².